The van der Waals surface area contributed by atoms with E-state index in [4.69, 9.17) is 17.8 Å². The van der Waals surface area contributed by atoms with Crippen LogP contribution in [0.25, 0.3) is 0 Å². The van der Waals surface area contributed by atoms with Crippen molar-refractivity contribution in [1.29, 1.82) is 0 Å². The summed E-state index contributed by atoms with van der Waals surface area (Å²) in [5.41, 5.74) is 0. The fourth-order valence-electron chi connectivity index (χ4n) is 1.56. The molecule has 0 aromatic carbocycles. The van der Waals surface area contributed by atoms with Crippen molar-refractivity contribution in [2.24, 2.45) is 0 Å². The van der Waals surface area contributed by atoms with Crippen molar-refractivity contribution in [2.45, 2.75) is 78.1 Å². The van der Waals surface area contributed by atoms with Crippen molar-refractivity contribution in [1.82, 2.24) is 0 Å². The molecule has 2 radical (unpaired) electrons. The third kappa shape index (κ3) is 25.6. The van der Waals surface area contributed by atoms with Crippen molar-refractivity contribution in [3.05, 3.63) is 0 Å². The summed E-state index contributed by atoms with van der Waals surface area (Å²) in [4.78, 5) is 0. The second kappa shape index (κ2) is 20.7. The zero-order chi connectivity index (χ0) is 11.8. The van der Waals surface area contributed by atoms with Crippen LogP contribution in [0, 0.1) is 0 Å². The molecule has 0 bridgehead atoms. The Morgan fingerprint density at radius 2 is 0.800 bits per heavy atom. The van der Waals surface area contributed by atoms with E-state index in [2.05, 4.69) is 13.8 Å². The van der Waals surface area contributed by atoms with Gasteiger partial charge in [0.2, 0.25) is 0 Å². The zero-order valence-corrected chi connectivity index (χ0v) is 14.7. The molecular formula is C12H26Cl2Sn. The number of unbranched alkanes of at least 4 members (excludes halogenated alkanes) is 9. The summed E-state index contributed by atoms with van der Waals surface area (Å²) >= 11 is -0.826. The molecule has 0 spiro atoms. The van der Waals surface area contributed by atoms with E-state index >= 15 is 0 Å². The Kier molecular flexibility index (Phi) is 25.9. The fourth-order valence-corrected chi connectivity index (χ4v) is 1.56. The minimum absolute atomic E-state index is 0.826. The van der Waals surface area contributed by atoms with E-state index in [-0.39, 0.29) is 0 Å². The molecule has 0 aliphatic rings. The van der Waals surface area contributed by atoms with Gasteiger partial charge in [-0.05, 0) is 0 Å². The van der Waals surface area contributed by atoms with Crippen LogP contribution < -0.4 is 0 Å². The van der Waals surface area contributed by atoms with Gasteiger partial charge in [0.05, 0.1) is 0 Å². The van der Waals surface area contributed by atoms with Crippen LogP contribution in [0.4, 0.5) is 0 Å². The van der Waals surface area contributed by atoms with E-state index in [1.165, 1.54) is 64.2 Å². The van der Waals surface area contributed by atoms with Gasteiger partial charge in [0, 0.05) is 0 Å². The normalized spacial score (nSPS) is 9.60. The molecule has 0 unspecified atom stereocenters. The Hall–Kier alpha value is 1.38. The molecule has 0 rings (SSSR count). The van der Waals surface area contributed by atoms with Crippen LogP contribution >= 0.6 is 17.8 Å². The van der Waals surface area contributed by atoms with Crippen molar-refractivity contribution < 1.29 is 0 Å². The van der Waals surface area contributed by atoms with Gasteiger partial charge in [-0.15, -0.1) is 0 Å². The number of rotatable bonds is 9. The second-order valence-electron chi connectivity index (χ2n) is 3.90. The minimum atomic E-state index is -0.826. The van der Waals surface area contributed by atoms with Gasteiger partial charge in [0.25, 0.3) is 0 Å². The van der Waals surface area contributed by atoms with Crippen LogP contribution in [0.5, 0.6) is 0 Å². The Bertz CT molecular complexity index is 79.7. The Morgan fingerprint density at radius 3 is 1.00 bits per heavy atom. The van der Waals surface area contributed by atoms with E-state index in [1.54, 1.807) is 0 Å². The third-order valence-corrected chi connectivity index (χ3v) is 2.46. The summed E-state index contributed by atoms with van der Waals surface area (Å²) in [5.74, 6) is 0. The van der Waals surface area contributed by atoms with E-state index in [1.807, 2.05) is 0 Å². The molecule has 0 N–H and O–H groups in total. The van der Waals surface area contributed by atoms with Gasteiger partial charge < -0.3 is 0 Å². The molecule has 92 valence electrons. The maximum atomic E-state index is 4.93. The van der Waals surface area contributed by atoms with Gasteiger partial charge in [0.1, 0.15) is 0 Å². The van der Waals surface area contributed by atoms with Gasteiger partial charge in [0.15, 0.2) is 0 Å². The molecule has 0 fully saturated rings. The van der Waals surface area contributed by atoms with Crippen LogP contribution in [0.15, 0.2) is 0 Å². The van der Waals surface area contributed by atoms with Crippen molar-refractivity contribution in [3.8, 4) is 0 Å². The molecule has 0 nitrogen and oxygen atoms in total. The van der Waals surface area contributed by atoms with Gasteiger partial charge in [-0.1, -0.05) is 78.1 Å². The average molecular weight is 360 g/mol. The summed E-state index contributed by atoms with van der Waals surface area (Å²) < 4.78 is 0. The molecular weight excluding hydrogens is 334 g/mol. The predicted octanol–water partition coefficient (Wildman–Crippen LogP) is 5.93. The molecule has 0 aliphatic heterocycles. The van der Waals surface area contributed by atoms with Crippen LogP contribution in [0.3, 0.4) is 0 Å². The second-order valence-corrected chi connectivity index (χ2v) is 8.14. The molecule has 0 amide bonds. The number of hydrogen-bond acceptors (Lipinski definition) is 0. The van der Waals surface area contributed by atoms with Crippen molar-refractivity contribution in [3.63, 3.8) is 0 Å². The Balaban J connectivity index is 0. The summed E-state index contributed by atoms with van der Waals surface area (Å²) in [6.45, 7) is 4.56. The fraction of sp³-hybridized carbons (Fsp3) is 1.00. The quantitative estimate of drug-likeness (QED) is 0.354. The monoisotopic (exact) mass is 360 g/mol. The first kappa shape index (κ1) is 18.7. The van der Waals surface area contributed by atoms with E-state index < -0.39 is 18.9 Å². The van der Waals surface area contributed by atoms with E-state index in [9.17, 15) is 0 Å². The molecule has 0 aromatic heterocycles. The average Bonchev–Trinajstić information content (AvgIpc) is 2.23. The van der Waals surface area contributed by atoms with Gasteiger partial charge in [-0.25, -0.2) is 0 Å². The molecule has 3 heteroatoms. The Labute approximate surface area is 114 Å². The maximum absolute atomic E-state index is 4.93. The molecule has 0 saturated carbocycles. The first-order valence-electron chi connectivity index (χ1n) is 6.29. The molecule has 0 saturated heterocycles. The summed E-state index contributed by atoms with van der Waals surface area (Å²) in [5, 5.41) is 0. The first-order valence-corrected chi connectivity index (χ1v) is 13.5. The molecule has 15 heavy (non-hydrogen) atoms. The van der Waals surface area contributed by atoms with Gasteiger partial charge in [-0.3, -0.25) is 0 Å². The number of hydrogen-bond donors (Lipinski definition) is 0. The Morgan fingerprint density at radius 1 is 0.600 bits per heavy atom. The third-order valence-electron chi connectivity index (χ3n) is 2.46. The molecule has 0 heterocycles. The SMILES string of the molecule is CCCCCCCCCCCC.[Cl][Sn][Cl]. The van der Waals surface area contributed by atoms with Crippen LogP contribution in [0.1, 0.15) is 78.1 Å². The molecule has 0 atom stereocenters. The molecule has 0 aromatic rings. The van der Waals surface area contributed by atoms with Crippen LogP contribution in [-0.4, -0.2) is 18.9 Å². The van der Waals surface area contributed by atoms with E-state index in [0.29, 0.717) is 0 Å². The van der Waals surface area contributed by atoms with Gasteiger partial charge in [-0.2, -0.15) is 0 Å². The van der Waals surface area contributed by atoms with Crippen molar-refractivity contribution in [2.75, 3.05) is 0 Å². The summed E-state index contributed by atoms with van der Waals surface area (Å²) in [7, 11) is 9.87. The topological polar surface area (TPSA) is 0 Å². The van der Waals surface area contributed by atoms with Crippen LogP contribution in [0.2, 0.25) is 0 Å². The molecule has 0 aliphatic carbocycles. The summed E-state index contributed by atoms with van der Waals surface area (Å²) in [6, 6.07) is 0. The van der Waals surface area contributed by atoms with Crippen LogP contribution in [-0.2, 0) is 0 Å². The van der Waals surface area contributed by atoms with Gasteiger partial charge >= 0.3 is 36.7 Å². The summed E-state index contributed by atoms with van der Waals surface area (Å²) in [6.07, 6.45) is 14.4. The standard InChI is InChI=1S/C12H26.2ClH.Sn/c1-3-5-7-9-11-12-10-8-6-4-2;;;/h3-12H2,1-2H3;2*1H;/q;;;+2/p-2. The first-order chi connectivity index (χ1) is 7.33. The van der Waals surface area contributed by atoms with Crippen molar-refractivity contribution >= 4 is 36.7 Å². The number of halogens is 2. The predicted molar refractivity (Wildman–Crippen MR) is 75.0 cm³/mol. The van der Waals surface area contributed by atoms with E-state index in [0.717, 1.165) is 0 Å². The zero-order valence-electron chi connectivity index (χ0n) is 10.3.